The fourth-order valence-electron chi connectivity index (χ4n) is 3.53. The van der Waals surface area contributed by atoms with Crippen LogP contribution in [0.4, 0.5) is 0 Å². The lowest BCUT2D eigenvalue weighted by Gasteiger charge is -2.23. The molecule has 3 atom stereocenters. The van der Waals surface area contributed by atoms with E-state index in [-0.39, 0.29) is 12.2 Å². The van der Waals surface area contributed by atoms with Crippen LogP contribution in [0.3, 0.4) is 0 Å². The minimum atomic E-state index is -0.515. The molecule has 0 aliphatic rings. The Hall–Kier alpha value is -2.14. The molecule has 0 bridgehead atoms. The highest BCUT2D eigenvalue weighted by molar-refractivity contribution is 5.26. The van der Waals surface area contributed by atoms with Crippen molar-refractivity contribution in [2.45, 2.75) is 83.9 Å². The Morgan fingerprint density at radius 1 is 0.875 bits per heavy atom. The molecule has 0 radical (unpaired) electrons. The van der Waals surface area contributed by atoms with Crippen molar-refractivity contribution in [1.29, 1.82) is 0 Å². The summed E-state index contributed by atoms with van der Waals surface area (Å²) in [5, 5.41) is 10.5. The molecule has 0 heterocycles. The predicted octanol–water partition coefficient (Wildman–Crippen LogP) is 6.46. The van der Waals surface area contributed by atoms with Gasteiger partial charge in [-0.2, -0.15) is 0 Å². The number of unbranched alkanes of at least 4 members (excludes halogenated alkanes) is 3. The minimum absolute atomic E-state index is 0.0248. The Bertz CT molecular complexity index is 742. The quantitative estimate of drug-likeness (QED) is 0.240. The van der Waals surface area contributed by atoms with Gasteiger partial charge in [-0.3, -0.25) is 0 Å². The van der Waals surface area contributed by atoms with Crippen LogP contribution >= 0.6 is 0 Å². The summed E-state index contributed by atoms with van der Waals surface area (Å²) in [5.74, 6) is 0.830. The Labute approximate surface area is 194 Å². The number of methoxy groups -OCH3 is 1. The average Bonchev–Trinajstić information content (AvgIpc) is 2.82. The number of aliphatic hydroxyl groups is 1. The van der Waals surface area contributed by atoms with Crippen LogP contribution in [0.2, 0.25) is 0 Å². The van der Waals surface area contributed by atoms with Crippen LogP contribution in [0.15, 0.2) is 66.7 Å². The molecule has 0 fully saturated rings. The zero-order valence-electron chi connectivity index (χ0n) is 19.9. The molecule has 0 aliphatic carbocycles. The van der Waals surface area contributed by atoms with E-state index in [1.807, 2.05) is 48.5 Å². The smallest absolute Gasteiger partial charge is 0.118 e. The van der Waals surface area contributed by atoms with Crippen LogP contribution in [0, 0.1) is 0 Å². The van der Waals surface area contributed by atoms with Crippen molar-refractivity contribution in [3.05, 3.63) is 77.9 Å². The third-order valence-electron chi connectivity index (χ3n) is 5.45. The molecule has 0 amide bonds. The average molecular weight is 441 g/mol. The van der Waals surface area contributed by atoms with E-state index < -0.39 is 6.10 Å². The van der Waals surface area contributed by atoms with Gasteiger partial charge in [-0.05, 0) is 49.4 Å². The van der Waals surface area contributed by atoms with E-state index in [4.69, 9.17) is 14.2 Å². The molecule has 2 rings (SSSR count). The second-order valence-electron chi connectivity index (χ2n) is 8.35. The first-order valence-electron chi connectivity index (χ1n) is 11.9. The van der Waals surface area contributed by atoms with E-state index in [1.54, 1.807) is 7.11 Å². The van der Waals surface area contributed by atoms with Gasteiger partial charge in [-0.1, -0.05) is 74.4 Å². The van der Waals surface area contributed by atoms with Gasteiger partial charge in [0, 0.05) is 6.42 Å². The van der Waals surface area contributed by atoms with E-state index in [0.29, 0.717) is 19.6 Å². The highest BCUT2D eigenvalue weighted by Gasteiger charge is 2.18. The third kappa shape index (κ3) is 10.9. The highest BCUT2D eigenvalue weighted by atomic mass is 16.5. The van der Waals surface area contributed by atoms with Gasteiger partial charge in [0.1, 0.15) is 5.75 Å². The van der Waals surface area contributed by atoms with Crippen molar-refractivity contribution >= 4 is 0 Å². The molecule has 176 valence electrons. The van der Waals surface area contributed by atoms with Crippen molar-refractivity contribution < 1.29 is 19.3 Å². The first-order valence-corrected chi connectivity index (χ1v) is 11.9. The third-order valence-corrected chi connectivity index (χ3v) is 5.45. The number of hydrogen-bond acceptors (Lipinski definition) is 4. The molecule has 0 aromatic heterocycles. The molecule has 2 aromatic rings. The molecule has 4 nitrogen and oxygen atoms in total. The van der Waals surface area contributed by atoms with E-state index in [1.165, 1.54) is 19.3 Å². The molecule has 2 aromatic carbocycles. The second kappa shape index (κ2) is 15.6. The summed E-state index contributed by atoms with van der Waals surface area (Å²) in [6.07, 6.45) is 9.31. The van der Waals surface area contributed by atoms with E-state index in [0.717, 1.165) is 29.7 Å². The number of rotatable bonds is 16. The van der Waals surface area contributed by atoms with E-state index in [9.17, 15) is 5.11 Å². The standard InChI is InChI=1S/C28H40O4/c1-4-5-6-7-11-14-26(29)20-28(32-22-25-15-17-27(30-3)18-16-25)19-23(2)31-21-24-12-9-8-10-13-24/h8-18,23,26,28-29H,4-7,19-22H2,1-3H3/b14-11+/t23-,26?,28+/m0/s1. The maximum atomic E-state index is 10.5. The van der Waals surface area contributed by atoms with Crippen LogP contribution < -0.4 is 4.74 Å². The maximum absolute atomic E-state index is 10.5. The zero-order valence-corrected chi connectivity index (χ0v) is 19.9. The Kier molecular flexibility index (Phi) is 12.8. The van der Waals surface area contributed by atoms with Crippen LogP contribution in [0.25, 0.3) is 0 Å². The summed E-state index contributed by atoms with van der Waals surface area (Å²) in [7, 11) is 1.66. The molecule has 1 unspecified atom stereocenters. The van der Waals surface area contributed by atoms with Gasteiger partial charge in [0.05, 0.1) is 38.6 Å². The van der Waals surface area contributed by atoms with Gasteiger partial charge < -0.3 is 19.3 Å². The number of allylic oxidation sites excluding steroid dienone is 1. The summed E-state index contributed by atoms with van der Waals surface area (Å²) >= 11 is 0. The Morgan fingerprint density at radius 2 is 1.56 bits per heavy atom. The van der Waals surface area contributed by atoms with Crippen molar-refractivity contribution in [3.63, 3.8) is 0 Å². The number of benzene rings is 2. The van der Waals surface area contributed by atoms with Gasteiger partial charge in [0.2, 0.25) is 0 Å². The van der Waals surface area contributed by atoms with Gasteiger partial charge in [0.15, 0.2) is 0 Å². The number of aliphatic hydroxyl groups excluding tert-OH is 1. The lowest BCUT2D eigenvalue weighted by molar-refractivity contribution is -0.0363. The Balaban J connectivity index is 1.89. The van der Waals surface area contributed by atoms with Crippen LogP contribution in [0.1, 0.15) is 63.5 Å². The molecule has 1 N–H and O–H groups in total. The van der Waals surface area contributed by atoms with Crippen molar-refractivity contribution in [2.24, 2.45) is 0 Å². The summed E-state index contributed by atoms with van der Waals surface area (Å²) in [6.45, 7) is 5.34. The first kappa shape index (κ1) is 26.1. The van der Waals surface area contributed by atoms with Gasteiger partial charge in [-0.25, -0.2) is 0 Å². The fraction of sp³-hybridized carbons (Fsp3) is 0.500. The summed E-state index contributed by atoms with van der Waals surface area (Å²) in [5.41, 5.74) is 2.24. The molecule has 0 saturated heterocycles. The fourth-order valence-corrected chi connectivity index (χ4v) is 3.53. The van der Waals surface area contributed by atoms with E-state index >= 15 is 0 Å². The SMILES string of the molecule is CCCCC/C=C/C(O)C[C@@H](C[C@H](C)OCc1ccccc1)OCc1ccc(OC)cc1. The highest BCUT2D eigenvalue weighted by Crippen LogP contribution is 2.18. The summed E-state index contributed by atoms with van der Waals surface area (Å²) in [6, 6.07) is 18.1. The molecule has 0 aliphatic heterocycles. The molecular weight excluding hydrogens is 400 g/mol. The number of ether oxygens (including phenoxy) is 3. The minimum Gasteiger partial charge on any atom is -0.497 e. The Morgan fingerprint density at radius 3 is 2.25 bits per heavy atom. The zero-order chi connectivity index (χ0) is 23.0. The van der Waals surface area contributed by atoms with Gasteiger partial charge in [-0.15, -0.1) is 0 Å². The lowest BCUT2D eigenvalue weighted by atomic mass is 10.0. The molecule has 0 spiro atoms. The first-order chi connectivity index (χ1) is 15.6. The van der Waals surface area contributed by atoms with Crippen molar-refractivity contribution in [2.75, 3.05) is 7.11 Å². The molecule has 0 saturated carbocycles. The van der Waals surface area contributed by atoms with Crippen molar-refractivity contribution in [1.82, 2.24) is 0 Å². The summed E-state index contributed by atoms with van der Waals surface area (Å²) in [4.78, 5) is 0. The molecule has 32 heavy (non-hydrogen) atoms. The van der Waals surface area contributed by atoms with E-state index in [2.05, 4.69) is 32.1 Å². The largest absolute Gasteiger partial charge is 0.497 e. The van der Waals surface area contributed by atoms with Crippen LogP contribution in [-0.2, 0) is 22.7 Å². The topological polar surface area (TPSA) is 47.9 Å². The lowest BCUT2D eigenvalue weighted by Crippen LogP contribution is -2.25. The monoisotopic (exact) mass is 440 g/mol. The van der Waals surface area contributed by atoms with Gasteiger partial charge >= 0.3 is 0 Å². The number of hydrogen-bond donors (Lipinski definition) is 1. The summed E-state index contributed by atoms with van der Waals surface area (Å²) < 4.78 is 17.5. The predicted molar refractivity (Wildman–Crippen MR) is 131 cm³/mol. The van der Waals surface area contributed by atoms with Crippen LogP contribution in [0.5, 0.6) is 5.75 Å². The normalized spacial score (nSPS) is 14.4. The van der Waals surface area contributed by atoms with Crippen LogP contribution in [-0.4, -0.2) is 30.5 Å². The molecular formula is C28H40O4. The van der Waals surface area contributed by atoms with Gasteiger partial charge in [0.25, 0.3) is 0 Å². The molecule has 4 heteroatoms. The second-order valence-corrected chi connectivity index (χ2v) is 8.35. The maximum Gasteiger partial charge on any atom is 0.118 e. The van der Waals surface area contributed by atoms with Crippen molar-refractivity contribution in [3.8, 4) is 5.75 Å².